The molecular weight excluding hydrogens is 1630 g/mol. The molecule has 0 bridgehead atoms. The van der Waals surface area contributed by atoms with E-state index in [1.54, 1.807) is 30.5 Å². The van der Waals surface area contributed by atoms with Crippen LogP contribution < -0.4 is 91.5 Å². The molecule has 0 aliphatic rings. The van der Waals surface area contributed by atoms with Crippen molar-refractivity contribution in [3.05, 3.63) is 95.7 Å². The number of nitrogens with two attached hydrogens (primary N) is 4. The van der Waals surface area contributed by atoms with Crippen LogP contribution in [0.3, 0.4) is 0 Å². The molecule has 0 spiro atoms. The summed E-state index contributed by atoms with van der Waals surface area (Å²) in [5, 5.41) is 75.9. The van der Waals surface area contributed by atoms with Gasteiger partial charge in [-0.15, -0.1) is 0 Å². The number of nitrogen functional groups attached to an aromatic ring is 1. The van der Waals surface area contributed by atoms with E-state index in [2.05, 4.69) is 75.7 Å². The molecule has 1 heterocycles. The standard InChI is InChI=1S/C79H107N17O28/c1-5-6-7-8-9-10-11-26-60(101)89-51(29-44-35-84-49-23-16-14-20-45(44)49)74(117)91-52(31-59(83)100)75(118)93-55(34-65(109)110)76(119)96-68(42(4)123-79(122)56(30-57(99)46-21-13-15-22-47(46)81)94-78(121)67(40(2)28-62(103)104)95-70(113)48(82)39-98)77(120)85-36-61(102)88-50(24-18-27-80)72(115)92-54(33-64(107)108)73(116)87-41(3)69(112)90-53(32-63(105)106)71(114)86-37-66(111)124-58-25-17-12-19-43(58)38-97/h12-17,19-23,25,35,38,40-42,48,50-56,67-68,84,98H,5-11,18,24,26-34,36-37,39,80-82H2,1-4H3,(H2,83,100)(H,85,120)(H,86,114)(H,87,116)(H,88,102)(H,89,101)(H,90,112)(H,91,117)(H,92,115)(H,93,118)(H,94,121)(H,95,113)(H,96,119)(H,103,104)(H,105,106)(H,107,108)(H,109,110)/t40-,41-,42-,48-,50+,51+,52-,53+,54+,55+,56+,67+,68+/m1/s1. The van der Waals surface area contributed by atoms with Crippen LogP contribution in [0.2, 0.25) is 0 Å². The molecule has 0 aliphatic heterocycles. The predicted molar refractivity (Wildman–Crippen MR) is 434 cm³/mol. The number of primary amides is 1. The Morgan fingerprint density at radius 1 is 0.492 bits per heavy atom. The van der Waals surface area contributed by atoms with Gasteiger partial charge < -0.3 is 127 Å². The molecule has 4 aromatic rings. The number of rotatable bonds is 57. The van der Waals surface area contributed by atoms with E-state index >= 15 is 0 Å². The number of esters is 2. The van der Waals surface area contributed by atoms with Crippen LogP contribution in [-0.2, 0) is 102 Å². The fraction of sp³-hybridized carbons (Fsp3) is 0.481. The number of carbonyl (C=O) groups excluding carboxylic acids is 17. The first-order valence-electron chi connectivity index (χ1n) is 39.4. The Balaban J connectivity index is 1.73. The zero-order valence-electron chi connectivity index (χ0n) is 68.4. The minimum absolute atomic E-state index is 0.0254. The number of unbranched alkanes of at least 4 members (excludes halogenated alkanes) is 6. The molecule has 13 atom stereocenters. The summed E-state index contributed by atoms with van der Waals surface area (Å²) >= 11 is 0. The molecule has 0 radical (unpaired) electrons. The second-order valence-electron chi connectivity index (χ2n) is 28.9. The number of fused-ring (bicyclic) bond motifs is 1. The number of ketones is 1. The van der Waals surface area contributed by atoms with E-state index in [0.717, 1.165) is 46.0 Å². The highest BCUT2D eigenvalue weighted by Crippen LogP contribution is 2.22. The number of para-hydroxylation sites is 3. The maximum absolute atomic E-state index is 14.8. The maximum atomic E-state index is 14.8. The van der Waals surface area contributed by atoms with E-state index in [0.29, 0.717) is 35.6 Å². The third-order valence-corrected chi connectivity index (χ3v) is 18.8. The summed E-state index contributed by atoms with van der Waals surface area (Å²) in [4.78, 5) is 285. The topological polar surface area (TPSA) is 742 Å². The number of hydrogen-bond donors (Lipinski definition) is 22. The van der Waals surface area contributed by atoms with Gasteiger partial charge in [0.2, 0.25) is 76.8 Å². The van der Waals surface area contributed by atoms with Crippen molar-refractivity contribution in [1.82, 2.24) is 68.8 Å². The van der Waals surface area contributed by atoms with Gasteiger partial charge in [0.1, 0.15) is 84.9 Å². The molecule has 13 amide bonds. The molecule has 0 fully saturated rings. The summed E-state index contributed by atoms with van der Waals surface area (Å²) in [7, 11) is 0. The first kappa shape index (κ1) is 102. The summed E-state index contributed by atoms with van der Waals surface area (Å²) in [6, 6.07) is -4.29. The second-order valence-corrected chi connectivity index (χ2v) is 28.9. The van der Waals surface area contributed by atoms with E-state index in [1.165, 1.54) is 55.5 Å². The van der Waals surface area contributed by atoms with E-state index in [-0.39, 0.29) is 48.4 Å². The van der Waals surface area contributed by atoms with Crippen molar-refractivity contribution in [1.29, 1.82) is 0 Å². The number of aliphatic hydroxyl groups excluding tert-OH is 1. The number of carboxylic acids is 4. The molecule has 26 N–H and O–H groups in total. The fourth-order valence-electron chi connectivity index (χ4n) is 12.2. The van der Waals surface area contributed by atoms with Crippen LogP contribution in [0, 0.1) is 5.92 Å². The van der Waals surface area contributed by atoms with Crippen molar-refractivity contribution < 1.29 is 136 Å². The molecule has 0 aliphatic carbocycles. The normalized spacial score (nSPS) is 14.1. The first-order valence-corrected chi connectivity index (χ1v) is 39.4. The van der Waals surface area contributed by atoms with Crippen LogP contribution in [0.4, 0.5) is 5.69 Å². The Bertz CT molecular complexity index is 4500. The molecule has 3 aromatic carbocycles. The molecule has 0 unspecified atom stereocenters. The van der Waals surface area contributed by atoms with E-state index in [1.807, 2.05) is 0 Å². The number of aliphatic hydroxyl groups is 1. The number of ether oxygens (including phenoxy) is 2. The Kier molecular flexibility index (Phi) is 43.3. The number of aldehydes is 1. The second kappa shape index (κ2) is 52.4. The van der Waals surface area contributed by atoms with Crippen molar-refractivity contribution in [2.45, 2.75) is 209 Å². The number of carbonyl (C=O) groups is 21. The third kappa shape index (κ3) is 35.5. The van der Waals surface area contributed by atoms with Crippen molar-refractivity contribution in [3.63, 3.8) is 0 Å². The van der Waals surface area contributed by atoms with E-state index in [9.17, 15) is 126 Å². The van der Waals surface area contributed by atoms with Crippen molar-refractivity contribution >= 4 is 141 Å². The molecule has 1 aromatic heterocycles. The molecular formula is C79H107N17O28. The quantitative estimate of drug-likeness (QED) is 0.00496. The average molecular weight is 1740 g/mol. The number of aromatic nitrogens is 1. The zero-order valence-corrected chi connectivity index (χ0v) is 68.4. The Hall–Kier alpha value is -13.9. The smallest absolute Gasteiger partial charge is 0.330 e. The van der Waals surface area contributed by atoms with Crippen molar-refractivity contribution in [3.8, 4) is 5.75 Å². The van der Waals surface area contributed by atoms with Gasteiger partial charge in [-0.2, -0.15) is 0 Å². The molecule has 0 saturated carbocycles. The lowest BCUT2D eigenvalue weighted by molar-refractivity contribution is -0.156. The van der Waals surface area contributed by atoms with Crippen LogP contribution >= 0.6 is 0 Å². The number of nitrogens with one attached hydrogen (secondary N) is 13. The Labute approximate surface area is 709 Å². The monoisotopic (exact) mass is 1740 g/mol. The lowest BCUT2D eigenvalue weighted by atomic mass is 9.96. The summed E-state index contributed by atoms with van der Waals surface area (Å²) < 4.78 is 10.7. The number of aliphatic carboxylic acids is 4. The first-order chi connectivity index (χ1) is 58.7. The molecule has 124 heavy (non-hydrogen) atoms. The summed E-state index contributed by atoms with van der Waals surface area (Å²) in [5.74, 6) is -28.9. The number of benzene rings is 3. The number of H-pyrrole nitrogens is 1. The van der Waals surface area contributed by atoms with Crippen molar-refractivity contribution in [2.75, 3.05) is 32.0 Å². The zero-order chi connectivity index (χ0) is 92.4. The fourth-order valence-corrected chi connectivity index (χ4v) is 12.2. The molecule has 45 nitrogen and oxygen atoms in total. The van der Waals surface area contributed by atoms with Gasteiger partial charge in [-0.3, -0.25) is 91.1 Å². The molecule has 4 rings (SSSR count). The highest BCUT2D eigenvalue weighted by molar-refractivity contribution is 6.05. The highest BCUT2D eigenvalue weighted by Gasteiger charge is 2.41. The number of hydrogen-bond acceptors (Lipinski definition) is 27. The van der Waals surface area contributed by atoms with Crippen LogP contribution in [0.15, 0.2) is 79.0 Å². The Morgan fingerprint density at radius 2 is 1.00 bits per heavy atom. The molecule has 0 saturated heterocycles. The van der Waals surface area contributed by atoms with E-state index in [4.69, 9.17) is 32.4 Å². The lowest BCUT2D eigenvalue weighted by Gasteiger charge is -2.29. The minimum atomic E-state index is -2.46. The van der Waals surface area contributed by atoms with Gasteiger partial charge in [0.05, 0.1) is 50.8 Å². The predicted octanol–water partition coefficient (Wildman–Crippen LogP) is -4.37. The number of carboxylic acid groups (broad SMARTS) is 4. The van der Waals surface area contributed by atoms with E-state index < -0.39 is 262 Å². The lowest BCUT2D eigenvalue weighted by Crippen LogP contribution is -2.61. The van der Waals surface area contributed by atoms with Gasteiger partial charge in [0.15, 0.2) is 12.1 Å². The SMILES string of the molecule is CCCCCCCCCC(=O)N[C@@H](Cc1c[nH]c2ccccc12)C(=O)N[C@H](CC(N)=O)C(=O)N[C@@H](CC(=O)O)C(=O)N[C@H](C(=O)NCC(=O)N[C@@H](CCCN)C(=O)N[C@@H](CC(=O)O)C(=O)N[C@H](C)C(=O)N[C@@H](CC(=O)O)C(=O)NCC(=O)Oc1ccccc1C=O)[C@@H](C)OC(=O)[C@H](CC(=O)c1ccccc1N)NC(=O)[C@@H](NC(=O)[C@H](N)CO)[C@H](C)CC(=O)O. The van der Waals surface area contributed by atoms with Crippen LogP contribution in [0.1, 0.15) is 157 Å². The van der Waals surface area contributed by atoms with Crippen molar-refractivity contribution in [2.24, 2.45) is 23.1 Å². The Morgan fingerprint density at radius 3 is 1.60 bits per heavy atom. The molecule has 45 heteroatoms. The number of amides is 13. The van der Waals surface area contributed by atoms with Crippen LogP contribution in [0.5, 0.6) is 5.75 Å². The summed E-state index contributed by atoms with van der Waals surface area (Å²) in [6.07, 6.45) is -1.84. The summed E-state index contributed by atoms with van der Waals surface area (Å²) in [5.41, 5.74) is 23.8. The van der Waals surface area contributed by atoms with Gasteiger partial charge in [-0.1, -0.05) is 94.8 Å². The summed E-state index contributed by atoms with van der Waals surface area (Å²) in [6.45, 7) is 1.73. The van der Waals surface area contributed by atoms with Gasteiger partial charge in [0, 0.05) is 47.6 Å². The number of Topliss-reactive ketones (excluding diaryl/α,β-unsaturated/α-hetero) is 1. The van der Waals surface area contributed by atoms with Gasteiger partial charge in [0.25, 0.3) is 0 Å². The average Bonchev–Trinajstić information content (AvgIpc) is 1.33. The highest BCUT2D eigenvalue weighted by atomic mass is 16.5. The third-order valence-electron chi connectivity index (χ3n) is 18.8. The largest absolute Gasteiger partial charge is 0.481 e. The van der Waals surface area contributed by atoms with Gasteiger partial charge in [-0.05, 0) is 81.5 Å². The molecule has 676 valence electrons. The number of anilines is 1. The van der Waals surface area contributed by atoms with Gasteiger partial charge in [-0.25, -0.2) is 9.59 Å². The number of aromatic amines is 1. The minimum Gasteiger partial charge on any atom is -0.481 e. The van der Waals surface area contributed by atoms with Crippen LogP contribution in [0.25, 0.3) is 10.9 Å². The van der Waals surface area contributed by atoms with Crippen LogP contribution in [-0.4, -0.2) is 254 Å². The van der Waals surface area contributed by atoms with Gasteiger partial charge >= 0.3 is 35.8 Å². The maximum Gasteiger partial charge on any atom is 0.330 e.